The predicted octanol–water partition coefficient (Wildman–Crippen LogP) is 1.51. The number of hydrogen-bond acceptors (Lipinski definition) is 4. The first kappa shape index (κ1) is 16.2. The highest BCUT2D eigenvalue weighted by Crippen LogP contribution is 2.21. The van der Waals surface area contributed by atoms with E-state index in [-0.39, 0.29) is 10.6 Å². The number of sulfonamides is 1. The van der Waals surface area contributed by atoms with E-state index in [4.69, 9.17) is 5.73 Å². The van der Waals surface area contributed by atoms with Crippen LogP contribution >= 0.6 is 0 Å². The Bertz CT molecular complexity index is 598. The van der Waals surface area contributed by atoms with Gasteiger partial charge in [0, 0.05) is 32.2 Å². The molecule has 1 unspecified atom stereocenters. The lowest BCUT2D eigenvalue weighted by Crippen LogP contribution is -2.51. The number of piperazine rings is 1. The van der Waals surface area contributed by atoms with E-state index in [1.807, 2.05) is 0 Å². The third-order valence-electron chi connectivity index (χ3n) is 4.10. The van der Waals surface area contributed by atoms with Gasteiger partial charge in [-0.3, -0.25) is 4.90 Å². The summed E-state index contributed by atoms with van der Waals surface area (Å²) in [5.41, 5.74) is 5.34. The molecule has 1 aromatic rings. The fourth-order valence-corrected chi connectivity index (χ4v) is 3.89. The zero-order valence-electron chi connectivity index (χ0n) is 12.4. The van der Waals surface area contributed by atoms with Gasteiger partial charge in [-0.25, -0.2) is 12.8 Å². The van der Waals surface area contributed by atoms with Crippen LogP contribution in [0.25, 0.3) is 0 Å². The highest BCUT2D eigenvalue weighted by molar-refractivity contribution is 7.89. The molecule has 21 heavy (non-hydrogen) atoms. The largest absolute Gasteiger partial charge is 0.396 e. The van der Waals surface area contributed by atoms with Crippen LogP contribution in [0.3, 0.4) is 0 Å². The fourth-order valence-electron chi connectivity index (χ4n) is 2.46. The Kier molecular flexibility index (Phi) is 4.85. The molecule has 1 fully saturated rings. The van der Waals surface area contributed by atoms with Crippen molar-refractivity contribution in [1.82, 2.24) is 9.21 Å². The number of rotatable bonds is 4. The second-order valence-electron chi connectivity index (χ2n) is 5.38. The molecule has 0 amide bonds. The van der Waals surface area contributed by atoms with E-state index in [1.54, 1.807) is 0 Å². The summed E-state index contributed by atoms with van der Waals surface area (Å²) in [5.74, 6) is -0.700. The molecule has 0 spiro atoms. The van der Waals surface area contributed by atoms with Crippen LogP contribution in [0.2, 0.25) is 0 Å². The predicted molar refractivity (Wildman–Crippen MR) is 80.9 cm³/mol. The van der Waals surface area contributed by atoms with Gasteiger partial charge in [-0.15, -0.1) is 0 Å². The van der Waals surface area contributed by atoms with Crippen LogP contribution in [0.15, 0.2) is 23.1 Å². The quantitative estimate of drug-likeness (QED) is 0.855. The molecular weight excluding hydrogens is 293 g/mol. The van der Waals surface area contributed by atoms with Crippen molar-refractivity contribution in [3.63, 3.8) is 0 Å². The Hall–Kier alpha value is -1.18. The Morgan fingerprint density at radius 2 is 1.90 bits per heavy atom. The van der Waals surface area contributed by atoms with Crippen LogP contribution in [0.4, 0.5) is 10.1 Å². The highest BCUT2D eigenvalue weighted by Gasteiger charge is 2.29. The van der Waals surface area contributed by atoms with Crippen molar-refractivity contribution in [2.24, 2.45) is 0 Å². The Morgan fingerprint density at radius 3 is 2.43 bits per heavy atom. The first-order valence-electron chi connectivity index (χ1n) is 7.15. The molecule has 1 aliphatic heterocycles. The molecule has 1 atom stereocenters. The van der Waals surface area contributed by atoms with E-state index in [9.17, 15) is 12.8 Å². The molecule has 2 N–H and O–H groups in total. The van der Waals surface area contributed by atoms with E-state index in [0.29, 0.717) is 32.2 Å². The van der Waals surface area contributed by atoms with Gasteiger partial charge in [0.25, 0.3) is 0 Å². The van der Waals surface area contributed by atoms with Crippen LogP contribution < -0.4 is 5.73 Å². The lowest BCUT2D eigenvalue weighted by atomic mass is 10.2. The molecule has 1 aliphatic rings. The number of halogens is 1. The number of hydrogen-bond donors (Lipinski definition) is 1. The minimum absolute atomic E-state index is 0.0359. The van der Waals surface area contributed by atoms with E-state index in [0.717, 1.165) is 12.5 Å². The number of nitrogens with two attached hydrogens (primary N) is 1. The average Bonchev–Trinajstić information content (AvgIpc) is 2.49. The molecule has 0 aromatic heterocycles. The molecule has 0 saturated carbocycles. The number of nitrogen functional groups attached to an aromatic ring is 1. The average molecular weight is 315 g/mol. The summed E-state index contributed by atoms with van der Waals surface area (Å²) in [5, 5.41) is 0. The van der Waals surface area contributed by atoms with Gasteiger partial charge in [0.2, 0.25) is 10.0 Å². The van der Waals surface area contributed by atoms with Gasteiger partial charge >= 0.3 is 0 Å². The first-order valence-corrected chi connectivity index (χ1v) is 8.59. The summed E-state index contributed by atoms with van der Waals surface area (Å²) in [6.07, 6.45) is 1.04. The molecule has 0 radical (unpaired) electrons. The molecule has 118 valence electrons. The van der Waals surface area contributed by atoms with Gasteiger partial charge in [-0.2, -0.15) is 4.31 Å². The molecule has 1 heterocycles. The van der Waals surface area contributed by atoms with Crippen LogP contribution in [-0.4, -0.2) is 49.8 Å². The molecule has 1 aromatic carbocycles. The van der Waals surface area contributed by atoms with Crippen molar-refractivity contribution >= 4 is 15.7 Å². The van der Waals surface area contributed by atoms with Gasteiger partial charge in [0.15, 0.2) is 0 Å². The summed E-state index contributed by atoms with van der Waals surface area (Å²) in [6.45, 7) is 6.51. The van der Waals surface area contributed by atoms with E-state index in [1.165, 1.54) is 16.4 Å². The normalized spacial score (nSPS) is 19.6. The lowest BCUT2D eigenvalue weighted by Gasteiger charge is -2.37. The summed E-state index contributed by atoms with van der Waals surface area (Å²) in [4.78, 5) is 2.24. The minimum Gasteiger partial charge on any atom is -0.396 e. The zero-order valence-corrected chi connectivity index (χ0v) is 13.2. The molecule has 0 aliphatic carbocycles. The summed E-state index contributed by atoms with van der Waals surface area (Å²) in [7, 11) is -3.65. The Morgan fingerprint density at radius 1 is 1.29 bits per heavy atom. The molecule has 0 bridgehead atoms. The minimum atomic E-state index is -3.65. The van der Waals surface area contributed by atoms with E-state index >= 15 is 0 Å². The van der Waals surface area contributed by atoms with Crippen LogP contribution in [0.1, 0.15) is 20.3 Å². The van der Waals surface area contributed by atoms with Crippen molar-refractivity contribution in [1.29, 1.82) is 0 Å². The van der Waals surface area contributed by atoms with Crippen LogP contribution in [0, 0.1) is 5.82 Å². The Labute approximate surface area is 125 Å². The first-order chi connectivity index (χ1) is 9.86. The number of benzene rings is 1. The van der Waals surface area contributed by atoms with Crippen molar-refractivity contribution in [2.45, 2.75) is 31.2 Å². The van der Waals surface area contributed by atoms with Gasteiger partial charge in [0.1, 0.15) is 5.82 Å². The number of anilines is 1. The van der Waals surface area contributed by atoms with Crippen molar-refractivity contribution in [3.05, 3.63) is 24.0 Å². The third kappa shape index (κ3) is 3.36. The van der Waals surface area contributed by atoms with Gasteiger partial charge < -0.3 is 5.73 Å². The molecule has 2 rings (SSSR count). The summed E-state index contributed by atoms with van der Waals surface area (Å²) < 4.78 is 39.9. The fraction of sp³-hybridized carbons (Fsp3) is 0.571. The van der Waals surface area contributed by atoms with Gasteiger partial charge in [-0.1, -0.05) is 6.92 Å². The lowest BCUT2D eigenvalue weighted by molar-refractivity contribution is 0.142. The highest BCUT2D eigenvalue weighted by atomic mass is 32.2. The van der Waals surface area contributed by atoms with Crippen molar-refractivity contribution in [3.8, 4) is 0 Å². The molecule has 5 nitrogen and oxygen atoms in total. The second kappa shape index (κ2) is 6.29. The Balaban J connectivity index is 2.13. The zero-order chi connectivity index (χ0) is 15.6. The van der Waals surface area contributed by atoms with Gasteiger partial charge in [-0.05, 0) is 31.5 Å². The number of nitrogens with zero attached hydrogens (tertiary/aromatic N) is 2. The molecule has 1 saturated heterocycles. The van der Waals surface area contributed by atoms with E-state index < -0.39 is 15.8 Å². The summed E-state index contributed by atoms with van der Waals surface area (Å²) >= 11 is 0. The summed E-state index contributed by atoms with van der Waals surface area (Å²) in [6, 6.07) is 4.09. The van der Waals surface area contributed by atoms with Crippen molar-refractivity contribution < 1.29 is 12.8 Å². The monoisotopic (exact) mass is 315 g/mol. The maximum absolute atomic E-state index is 13.5. The molecular formula is C14H22FN3O2S. The van der Waals surface area contributed by atoms with Crippen LogP contribution in [-0.2, 0) is 10.0 Å². The van der Waals surface area contributed by atoms with Gasteiger partial charge in [0.05, 0.1) is 10.6 Å². The second-order valence-corrected chi connectivity index (χ2v) is 7.32. The third-order valence-corrected chi connectivity index (χ3v) is 5.99. The maximum atomic E-state index is 13.5. The molecule has 7 heteroatoms. The van der Waals surface area contributed by atoms with Crippen molar-refractivity contribution in [2.75, 3.05) is 31.9 Å². The smallest absolute Gasteiger partial charge is 0.243 e. The topological polar surface area (TPSA) is 66.6 Å². The maximum Gasteiger partial charge on any atom is 0.243 e. The van der Waals surface area contributed by atoms with E-state index in [2.05, 4.69) is 18.7 Å². The standard InChI is InChI=1S/C14H22FN3O2S/c1-3-11(2)17-6-8-18(9-7-17)21(19,20)12-4-5-14(16)13(15)10-12/h4-5,10-11H,3,6-9,16H2,1-2H3. The van der Waals surface area contributed by atoms with Crippen LogP contribution in [0.5, 0.6) is 0 Å². The SMILES string of the molecule is CCC(C)N1CCN(S(=O)(=O)c2ccc(N)c(F)c2)CC1.